The van der Waals surface area contributed by atoms with E-state index >= 15 is 0 Å². The first-order valence-corrected chi connectivity index (χ1v) is 11.7. The first kappa shape index (κ1) is 25.4. The molecule has 9 nitrogen and oxygen atoms in total. The molecule has 0 aliphatic rings. The van der Waals surface area contributed by atoms with Gasteiger partial charge in [0.25, 0.3) is 5.91 Å². The van der Waals surface area contributed by atoms with Crippen LogP contribution in [0.15, 0.2) is 54.9 Å². The number of hydrogen-bond acceptors (Lipinski definition) is 8. The van der Waals surface area contributed by atoms with Gasteiger partial charge < -0.3 is 16.8 Å². The molecular weight excluding hydrogens is 473 g/mol. The molecule has 37 heavy (non-hydrogen) atoms. The molecular formula is C27H26FN7O2. The number of nitrogens with zero attached hydrogens (tertiary/aromatic N) is 4. The second-order valence-corrected chi connectivity index (χ2v) is 8.44. The predicted molar refractivity (Wildman–Crippen MR) is 139 cm³/mol. The van der Waals surface area contributed by atoms with Gasteiger partial charge in [-0.15, -0.1) is 0 Å². The van der Waals surface area contributed by atoms with Crippen molar-refractivity contribution < 1.29 is 14.0 Å². The fourth-order valence-corrected chi connectivity index (χ4v) is 3.85. The van der Waals surface area contributed by atoms with Gasteiger partial charge >= 0.3 is 0 Å². The minimum atomic E-state index is -0.575. The number of aromatic nitrogens is 4. The minimum Gasteiger partial charge on any atom is -0.397 e. The number of ketones is 1. The van der Waals surface area contributed by atoms with Gasteiger partial charge in [0.2, 0.25) is 0 Å². The molecule has 4 rings (SSSR count). The van der Waals surface area contributed by atoms with E-state index in [0.29, 0.717) is 35.0 Å². The lowest BCUT2D eigenvalue weighted by molar-refractivity contribution is 0.0951. The van der Waals surface area contributed by atoms with E-state index in [-0.39, 0.29) is 46.3 Å². The second-order valence-electron chi connectivity index (χ2n) is 8.44. The number of nitrogen functional groups attached to an aromatic ring is 2. The Morgan fingerprint density at radius 3 is 2.54 bits per heavy atom. The van der Waals surface area contributed by atoms with Crippen molar-refractivity contribution in [2.24, 2.45) is 0 Å². The standard InChI is InChI=1S/C27H26FN7O2/c1-3-9-32-27(37)16-4-5-20(28)19(11-16)22-7-6-21(29)26(35-22)24(36)12-17-14-31-10-8-18(17)23-13-25(30)34-15(2)33-23/h4-8,10-11,13-14H,3,9,12,29H2,1-2H3,(H,32,37)(H2,30,33,34). The molecule has 188 valence electrons. The van der Waals surface area contributed by atoms with Crippen LogP contribution in [-0.4, -0.2) is 38.2 Å². The number of carbonyl (C=O) groups is 2. The maximum absolute atomic E-state index is 14.7. The number of rotatable bonds is 8. The Balaban J connectivity index is 1.67. The summed E-state index contributed by atoms with van der Waals surface area (Å²) in [5.41, 5.74) is 14.5. The Morgan fingerprint density at radius 1 is 0.973 bits per heavy atom. The summed E-state index contributed by atoms with van der Waals surface area (Å²) >= 11 is 0. The third-order valence-corrected chi connectivity index (χ3v) is 5.62. The first-order chi connectivity index (χ1) is 17.8. The van der Waals surface area contributed by atoms with Crippen molar-refractivity contribution in [2.45, 2.75) is 26.7 Å². The van der Waals surface area contributed by atoms with Crippen molar-refractivity contribution in [3.8, 4) is 22.5 Å². The van der Waals surface area contributed by atoms with Gasteiger partial charge in [0.15, 0.2) is 5.78 Å². The highest BCUT2D eigenvalue weighted by Crippen LogP contribution is 2.27. The summed E-state index contributed by atoms with van der Waals surface area (Å²) in [6.07, 6.45) is 3.86. The van der Waals surface area contributed by atoms with Crippen LogP contribution in [0.4, 0.5) is 15.9 Å². The summed E-state index contributed by atoms with van der Waals surface area (Å²) in [4.78, 5) is 42.7. The van der Waals surface area contributed by atoms with Crippen LogP contribution in [0.1, 0.15) is 45.6 Å². The van der Waals surface area contributed by atoms with Gasteiger partial charge in [-0.3, -0.25) is 14.6 Å². The molecule has 0 atom stereocenters. The van der Waals surface area contributed by atoms with Gasteiger partial charge in [0, 0.05) is 48.1 Å². The molecule has 0 saturated carbocycles. The van der Waals surface area contributed by atoms with Crippen molar-refractivity contribution in [3.05, 3.63) is 83.3 Å². The molecule has 0 spiro atoms. The summed E-state index contributed by atoms with van der Waals surface area (Å²) in [6, 6.07) is 10.4. The highest BCUT2D eigenvalue weighted by atomic mass is 19.1. The summed E-state index contributed by atoms with van der Waals surface area (Å²) in [7, 11) is 0. The number of pyridine rings is 2. The lowest BCUT2D eigenvalue weighted by Gasteiger charge is -2.12. The number of nitrogens with one attached hydrogen (secondary N) is 1. The molecule has 0 saturated heterocycles. The van der Waals surface area contributed by atoms with E-state index in [1.165, 1.54) is 30.3 Å². The lowest BCUT2D eigenvalue weighted by atomic mass is 9.99. The molecule has 0 bridgehead atoms. The molecule has 10 heteroatoms. The number of hydrogen-bond donors (Lipinski definition) is 3. The van der Waals surface area contributed by atoms with Crippen molar-refractivity contribution >= 4 is 23.2 Å². The van der Waals surface area contributed by atoms with Crippen molar-refractivity contribution in [1.82, 2.24) is 25.3 Å². The summed E-state index contributed by atoms with van der Waals surface area (Å²) in [5.74, 6) is -0.476. The zero-order valence-electron chi connectivity index (χ0n) is 20.5. The van der Waals surface area contributed by atoms with Gasteiger partial charge in [-0.05, 0) is 55.3 Å². The number of Topliss-reactive ketones (excluding diaryl/α,β-unsaturated/α-hetero) is 1. The first-order valence-electron chi connectivity index (χ1n) is 11.7. The highest BCUT2D eigenvalue weighted by molar-refractivity contribution is 6.01. The highest BCUT2D eigenvalue weighted by Gasteiger charge is 2.19. The minimum absolute atomic E-state index is 0.00840. The van der Waals surface area contributed by atoms with Gasteiger partial charge in [-0.2, -0.15) is 0 Å². The molecule has 0 radical (unpaired) electrons. The van der Waals surface area contributed by atoms with Gasteiger partial charge in [0.1, 0.15) is 23.2 Å². The molecule has 0 unspecified atom stereocenters. The summed E-state index contributed by atoms with van der Waals surface area (Å²) in [5, 5.41) is 2.76. The van der Waals surface area contributed by atoms with E-state index in [4.69, 9.17) is 11.5 Å². The zero-order chi connectivity index (χ0) is 26.5. The van der Waals surface area contributed by atoms with Crippen LogP contribution in [-0.2, 0) is 6.42 Å². The quantitative estimate of drug-likeness (QED) is 0.310. The van der Waals surface area contributed by atoms with E-state index in [0.717, 1.165) is 6.42 Å². The SMILES string of the molecule is CCCNC(=O)c1ccc(F)c(-c2ccc(N)c(C(=O)Cc3cnccc3-c3cc(N)nc(C)n3)n2)c1. The van der Waals surface area contributed by atoms with E-state index in [1.807, 2.05) is 6.92 Å². The van der Waals surface area contributed by atoms with Crippen LogP contribution in [0.5, 0.6) is 0 Å². The molecule has 0 fully saturated rings. The number of aryl methyl sites for hydroxylation is 1. The number of amides is 1. The third-order valence-electron chi connectivity index (χ3n) is 5.62. The van der Waals surface area contributed by atoms with Gasteiger partial charge in [0.05, 0.1) is 17.1 Å². The molecule has 1 aromatic carbocycles. The molecule has 0 aliphatic carbocycles. The number of nitrogens with two attached hydrogens (primary N) is 2. The van der Waals surface area contributed by atoms with Crippen molar-refractivity contribution in [2.75, 3.05) is 18.0 Å². The van der Waals surface area contributed by atoms with Crippen LogP contribution in [0.3, 0.4) is 0 Å². The largest absolute Gasteiger partial charge is 0.397 e. The lowest BCUT2D eigenvalue weighted by Crippen LogP contribution is -2.24. The van der Waals surface area contributed by atoms with Crippen LogP contribution in [0.2, 0.25) is 0 Å². The van der Waals surface area contributed by atoms with Crippen LogP contribution >= 0.6 is 0 Å². The Hall–Kier alpha value is -4.73. The van der Waals surface area contributed by atoms with Gasteiger partial charge in [-0.1, -0.05) is 6.92 Å². The fourth-order valence-electron chi connectivity index (χ4n) is 3.85. The Labute approximate surface area is 213 Å². The number of benzene rings is 1. The number of halogens is 1. The number of anilines is 2. The number of carbonyl (C=O) groups excluding carboxylic acids is 2. The smallest absolute Gasteiger partial charge is 0.251 e. The average molecular weight is 500 g/mol. The van der Waals surface area contributed by atoms with Crippen LogP contribution < -0.4 is 16.8 Å². The molecule has 3 aromatic heterocycles. The van der Waals surface area contributed by atoms with Crippen molar-refractivity contribution in [3.63, 3.8) is 0 Å². The van der Waals surface area contributed by atoms with E-state index < -0.39 is 5.82 Å². The second kappa shape index (κ2) is 10.9. The van der Waals surface area contributed by atoms with E-state index in [1.54, 1.807) is 31.5 Å². The Kier molecular flexibility index (Phi) is 7.47. The maximum Gasteiger partial charge on any atom is 0.251 e. The maximum atomic E-state index is 14.7. The van der Waals surface area contributed by atoms with Crippen molar-refractivity contribution in [1.29, 1.82) is 0 Å². The summed E-state index contributed by atoms with van der Waals surface area (Å²) in [6.45, 7) is 4.16. The summed E-state index contributed by atoms with van der Waals surface area (Å²) < 4.78 is 14.7. The predicted octanol–water partition coefficient (Wildman–Crippen LogP) is 3.78. The molecule has 0 aliphatic heterocycles. The average Bonchev–Trinajstić information content (AvgIpc) is 2.87. The third kappa shape index (κ3) is 5.75. The molecule has 3 heterocycles. The topological polar surface area (TPSA) is 150 Å². The monoisotopic (exact) mass is 499 g/mol. The Bertz CT molecular complexity index is 1470. The zero-order valence-corrected chi connectivity index (χ0v) is 20.5. The normalized spacial score (nSPS) is 10.8. The van der Waals surface area contributed by atoms with Crippen LogP contribution in [0, 0.1) is 12.7 Å². The molecule has 5 N–H and O–H groups in total. The van der Waals surface area contributed by atoms with E-state index in [9.17, 15) is 14.0 Å². The fraction of sp³-hybridized carbons (Fsp3) is 0.185. The van der Waals surface area contributed by atoms with Gasteiger partial charge in [-0.25, -0.2) is 19.3 Å². The van der Waals surface area contributed by atoms with E-state index in [2.05, 4.69) is 25.3 Å². The molecule has 4 aromatic rings. The Morgan fingerprint density at radius 2 is 1.78 bits per heavy atom. The molecule has 1 amide bonds. The van der Waals surface area contributed by atoms with Crippen LogP contribution in [0.25, 0.3) is 22.5 Å².